The number of benzene rings is 2. The van der Waals surface area contributed by atoms with Crippen LogP contribution in [0.15, 0.2) is 40.9 Å². The highest BCUT2D eigenvalue weighted by Gasteiger charge is 2.06. The molecule has 2 nitrogen and oxygen atoms in total. The zero-order valence-electron chi connectivity index (χ0n) is 9.29. The summed E-state index contributed by atoms with van der Waals surface area (Å²) in [6.07, 6.45) is 0. The fourth-order valence-electron chi connectivity index (χ4n) is 1.42. The van der Waals surface area contributed by atoms with Gasteiger partial charge in [0.2, 0.25) is 0 Å². The van der Waals surface area contributed by atoms with E-state index in [1.165, 1.54) is 12.1 Å². The molecule has 2 rings (SSSR count). The van der Waals surface area contributed by atoms with Crippen LogP contribution in [-0.4, -0.2) is 0 Å². The van der Waals surface area contributed by atoms with Crippen LogP contribution in [0.4, 0.5) is 4.39 Å². The van der Waals surface area contributed by atoms with Gasteiger partial charge in [-0.05, 0) is 45.8 Å². The predicted octanol–water partition coefficient (Wildman–Crippen LogP) is 4.49. The largest absolute Gasteiger partial charge is 0.456 e. The lowest BCUT2D eigenvalue weighted by Crippen LogP contribution is -1.96. The third-order valence-corrected chi connectivity index (χ3v) is 3.28. The van der Waals surface area contributed by atoms with Crippen LogP contribution in [0.25, 0.3) is 0 Å². The fraction of sp³-hybridized carbons (Fsp3) is 0.0769. The molecule has 0 radical (unpaired) electrons. The molecule has 94 valence electrons. The van der Waals surface area contributed by atoms with Crippen molar-refractivity contribution in [3.8, 4) is 11.5 Å². The molecular weight excluding hydrogens is 321 g/mol. The van der Waals surface area contributed by atoms with E-state index in [1.807, 2.05) is 12.1 Å². The summed E-state index contributed by atoms with van der Waals surface area (Å²) in [7, 11) is 0. The first kappa shape index (κ1) is 13.3. The molecule has 5 heteroatoms. The molecule has 0 saturated heterocycles. The molecule has 0 spiro atoms. The molecule has 2 N–H and O–H groups in total. The van der Waals surface area contributed by atoms with Gasteiger partial charge in [-0.25, -0.2) is 4.39 Å². The second-order valence-electron chi connectivity index (χ2n) is 3.65. The van der Waals surface area contributed by atoms with E-state index in [0.717, 1.165) is 10.0 Å². The molecule has 0 bridgehead atoms. The minimum Gasteiger partial charge on any atom is -0.456 e. The summed E-state index contributed by atoms with van der Waals surface area (Å²) in [4.78, 5) is 0. The van der Waals surface area contributed by atoms with Crippen molar-refractivity contribution >= 4 is 27.5 Å². The average molecular weight is 331 g/mol. The molecule has 0 amide bonds. The van der Waals surface area contributed by atoms with E-state index < -0.39 is 5.82 Å². The van der Waals surface area contributed by atoms with Gasteiger partial charge in [0.05, 0.1) is 9.50 Å². The van der Waals surface area contributed by atoms with Gasteiger partial charge in [-0.2, -0.15) is 0 Å². The Hall–Kier alpha value is -1.10. The van der Waals surface area contributed by atoms with Crippen LogP contribution in [0.5, 0.6) is 11.5 Å². The molecule has 0 aliphatic rings. The molecule has 18 heavy (non-hydrogen) atoms. The van der Waals surface area contributed by atoms with Crippen molar-refractivity contribution in [3.63, 3.8) is 0 Å². The van der Waals surface area contributed by atoms with E-state index in [2.05, 4.69) is 15.9 Å². The predicted molar refractivity (Wildman–Crippen MR) is 73.5 cm³/mol. The number of hydrogen-bond donors (Lipinski definition) is 1. The highest BCUT2D eigenvalue weighted by atomic mass is 79.9. The van der Waals surface area contributed by atoms with E-state index in [1.54, 1.807) is 12.1 Å². The Morgan fingerprint density at radius 2 is 2.00 bits per heavy atom. The Balaban J connectivity index is 2.25. The number of hydrogen-bond acceptors (Lipinski definition) is 2. The first-order valence-electron chi connectivity index (χ1n) is 5.21. The van der Waals surface area contributed by atoms with Crippen LogP contribution in [0, 0.1) is 5.82 Å². The summed E-state index contributed by atoms with van der Waals surface area (Å²) >= 11 is 8.98. The van der Waals surface area contributed by atoms with Crippen molar-refractivity contribution in [3.05, 3.63) is 57.3 Å². The third-order valence-electron chi connectivity index (χ3n) is 2.35. The van der Waals surface area contributed by atoms with Crippen LogP contribution in [0.3, 0.4) is 0 Å². The normalized spacial score (nSPS) is 10.4. The van der Waals surface area contributed by atoms with E-state index in [4.69, 9.17) is 22.1 Å². The fourth-order valence-corrected chi connectivity index (χ4v) is 2.05. The average Bonchev–Trinajstić information content (AvgIpc) is 2.36. The quantitative estimate of drug-likeness (QED) is 0.899. The SMILES string of the molecule is NCc1ccc(Oc2ccc(Cl)c(F)c2)c(Br)c1. The van der Waals surface area contributed by atoms with Gasteiger partial charge in [0.25, 0.3) is 0 Å². The molecule has 0 aliphatic carbocycles. The molecule has 2 aromatic carbocycles. The molecule has 2 aromatic rings. The van der Waals surface area contributed by atoms with Gasteiger partial charge >= 0.3 is 0 Å². The van der Waals surface area contributed by atoms with Crippen molar-refractivity contribution < 1.29 is 9.13 Å². The zero-order chi connectivity index (χ0) is 13.1. The standard InChI is InChI=1S/C13H10BrClFNO/c14-10-5-8(7-17)1-4-13(10)18-9-2-3-11(15)12(16)6-9/h1-6H,7,17H2. The topological polar surface area (TPSA) is 35.2 Å². The van der Waals surface area contributed by atoms with Crippen LogP contribution < -0.4 is 10.5 Å². The molecule has 0 aliphatic heterocycles. The molecule has 0 aromatic heterocycles. The van der Waals surface area contributed by atoms with Crippen LogP contribution in [0.2, 0.25) is 5.02 Å². The van der Waals surface area contributed by atoms with E-state index >= 15 is 0 Å². The minimum atomic E-state index is -0.510. The molecule has 0 fully saturated rings. The van der Waals surface area contributed by atoms with Gasteiger partial charge in [0, 0.05) is 12.6 Å². The number of nitrogens with two attached hydrogens (primary N) is 1. The van der Waals surface area contributed by atoms with E-state index in [9.17, 15) is 4.39 Å². The van der Waals surface area contributed by atoms with Gasteiger partial charge in [-0.15, -0.1) is 0 Å². The summed E-state index contributed by atoms with van der Waals surface area (Å²) in [6, 6.07) is 9.79. The lowest BCUT2D eigenvalue weighted by Gasteiger charge is -2.09. The Labute approximate surface area is 118 Å². The number of halogens is 3. The zero-order valence-corrected chi connectivity index (χ0v) is 11.6. The van der Waals surface area contributed by atoms with Crippen molar-refractivity contribution in [1.82, 2.24) is 0 Å². The van der Waals surface area contributed by atoms with E-state index in [0.29, 0.717) is 18.0 Å². The molecule has 0 saturated carbocycles. The maximum absolute atomic E-state index is 13.3. The maximum atomic E-state index is 13.3. The minimum absolute atomic E-state index is 0.0693. The second-order valence-corrected chi connectivity index (χ2v) is 4.91. The summed E-state index contributed by atoms with van der Waals surface area (Å²) in [5.41, 5.74) is 6.51. The molecular formula is C13H10BrClFNO. The Kier molecular flexibility index (Phi) is 4.22. The van der Waals surface area contributed by atoms with Gasteiger partial charge in [0.15, 0.2) is 0 Å². The highest BCUT2D eigenvalue weighted by Crippen LogP contribution is 2.31. The van der Waals surface area contributed by atoms with Crippen LogP contribution in [-0.2, 0) is 6.54 Å². The molecule has 0 heterocycles. The lowest BCUT2D eigenvalue weighted by atomic mass is 10.2. The third kappa shape index (κ3) is 3.02. The summed E-state index contributed by atoms with van der Waals surface area (Å²) in [5.74, 6) is 0.468. The monoisotopic (exact) mass is 329 g/mol. The smallest absolute Gasteiger partial charge is 0.145 e. The first-order chi connectivity index (χ1) is 8.60. The lowest BCUT2D eigenvalue weighted by molar-refractivity contribution is 0.473. The van der Waals surface area contributed by atoms with Crippen molar-refractivity contribution in [2.24, 2.45) is 5.73 Å². The van der Waals surface area contributed by atoms with Gasteiger partial charge in [-0.1, -0.05) is 17.7 Å². The van der Waals surface area contributed by atoms with Gasteiger partial charge in [0.1, 0.15) is 17.3 Å². The second kappa shape index (κ2) is 5.69. The van der Waals surface area contributed by atoms with E-state index in [-0.39, 0.29) is 5.02 Å². The highest BCUT2D eigenvalue weighted by molar-refractivity contribution is 9.10. The maximum Gasteiger partial charge on any atom is 0.145 e. The Bertz CT molecular complexity index is 577. The van der Waals surface area contributed by atoms with Gasteiger partial charge in [-0.3, -0.25) is 0 Å². The summed E-state index contributed by atoms with van der Waals surface area (Å²) in [5, 5.41) is 0.0693. The van der Waals surface area contributed by atoms with Crippen molar-refractivity contribution in [1.29, 1.82) is 0 Å². The van der Waals surface area contributed by atoms with Crippen LogP contribution in [0.1, 0.15) is 5.56 Å². The van der Waals surface area contributed by atoms with Crippen LogP contribution >= 0.6 is 27.5 Å². The summed E-state index contributed by atoms with van der Waals surface area (Å²) in [6.45, 7) is 0.453. The number of ether oxygens (including phenoxy) is 1. The van der Waals surface area contributed by atoms with Crippen molar-refractivity contribution in [2.45, 2.75) is 6.54 Å². The Morgan fingerprint density at radius 3 is 2.61 bits per heavy atom. The van der Waals surface area contributed by atoms with Crippen molar-refractivity contribution in [2.75, 3.05) is 0 Å². The summed E-state index contributed by atoms with van der Waals surface area (Å²) < 4.78 is 19.6. The molecule has 0 atom stereocenters. The first-order valence-corrected chi connectivity index (χ1v) is 6.38. The Morgan fingerprint density at radius 1 is 1.22 bits per heavy atom. The molecule has 0 unspecified atom stereocenters. The number of rotatable bonds is 3. The van der Waals surface area contributed by atoms with Gasteiger partial charge < -0.3 is 10.5 Å².